The number of hydrogen-bond donors (Lipinski definition) is 2. The molecular formula is C25H22N3O4+. The number of hydrogen-bond acceptors (Lipinski definition) is 5. The standard InChI is InChI=1S/C25H21N3O4/c1-3-32-25(31)17-8-10-18(11-9-17)26-23-21(22(29)16-12-14-28(2)15-13-16)19-6-4-5-7-20(19)24(30)27-23/h4-15H,3H2,1-2H3,(H-,26,27,29,30,31)/p+1. The molecule has 2 aromatic heterocycles. The summed E-state index contributed by atoms with van der Waals surface area (Å²) < 4.78 is 6.84. The zero-order chi connectivity index (χ0) is 22.7. The summed E-state index contributed by atoms with van der Waals surface area (Å²) in [5, 5.41) is 4.12. The van der Waals surface area contributed by atoms with Gasteiger partial charge in [0.2, 0.25) is 0 Å². The van der Waals surface area contributed by atoms with E-state index < -0.39 is 5.97 Å². The van der Waals surface area contributed by atoms with E-state index in [4.69, 9.17) is 4.74 Å². The van der Waals surface area contributed by atoms with E-state index in [9.17, 15) is 14.4 Å². The zero-order valence-corrected chi connectivity index (χ0v) is 17.7. The third kappa shape index (κ3) is 4.13. The lowest BCUT2D eigenvalue weighted by Gasteiger charge is -2.14. The second kappa shape index (κ2) is 8.85. The molecule has 0 saturated heterocycles. The highest BCUT2D eigenvalue weighted by Crippen LogP contribution is 2.27. The van der Waals surface area contributed by atoms with Gasteiger partial charge in [-0.05, 0) is 37.3 Å². The Kier molecular flexibility index (Phi) is 5.81. The molecule has 32 heavy (non-hydrogen) atoms. The van der Waals surface area contributed by atoms with Crippen molar-refractivity contribution >= 4 is 34.0 Å². The first kappa shape index (κ1) is 21.0. The fourth-order valence-electron chi connectivity index (χ4n) is 3.45. The highest BCUT2D eigenvalue weighted by molar-refractivity contribution is 6.19. The monoisotopic (exact) mass is 428 g/mol. The Balaban J connectivity index is 1.79. The van der Waals surface area contributed by atoms with E-state index in [1.54, 1.807) is 80.0 Å². The van der Waals surface area contributed by atoms with Crippen LogP contribution < -0.4 is 15.4 Å². The molecule has 0 amide bonds. The highest BCUT2D eigenvalue weighted by Gasteiger charge is 2.20. The number of ether oxygens (including phenoxy) is 1. The smallest absolute Gasteiger partial charge is 0.338 e. The van der Waals surface area contributed by atoms with Crippen LogP contribution in [-0.2, 0) is 11.8 Å². The van der Waals surface area contributed by atoms with Crippen LogP contribution in [0.2, 0.25) is 0 Å². The van der Waals surface area contributed by atoms with E-state index >= 15 is 0 Å². The second-order valence-corrected chi connectivity index (χ2v) is 7.25. The molecule has 4 rings (SSSR count). The molecule has 0 aliphatic heterocycles. The van der Waals surface area contributed by atoms with Crippen LogP contribution in [0.1, 0.15) is 33.2 Å². The van der Waals surface area contributed by atoms with Crippen molar-refractivity contribution in [3.8, 4) is 0 Å². The van der Waals surface area contributed by atoms with Gasteiger partial charge in [-0.2, -0.15) is 0 Å². The minimum absolute atomic E-state index is 0.219. The quantitative estimate of drug-likeness (QED) is 0.279. The van der Waals surface area contributed by atoms with Crippen molar-refractivity contribution in [1.29, 1.82) is 0 Å². The lowest BCUT2D eigenvalue weighted by Crippen LogP contribution is -2.26. The molecule has 0 unspecified atom stereocenters. The van der Waals surface area contributed by atoms with Gasteiger partial charge in [0.25, 0.3) is 5.56 Å². The zero-order valence-electron chi connectivity index (χ0n) is 17.7. The van der Waals surface area contributed by atoms with Gasteiger partial charge in [-0.15, -0.1) is 0 Å². The van der Waals surface area contributed by atoms with E-state index in [1.807, 2.05) is 11.6 Å². The van der Waals surface area contributed by atoms with Crippen LogP contribution in [0.5, 0.6) is 0 Å². The number of fused-ring (bicyclic) bond motifs is 1. The number of nitrogens with zero attached hydrogens (tertiary/aromatic N) is 1. The number of carbonyl (C=O) groups excluding carboxylic acids is 2. The average molecular weight is 428 g/mol. The fourth-order valence-corrected chi connectivity index (χ4v) is 3.45. The lowest BCUT2D eigenvalue weighted by molar-refractivity contribution is -0.671. The number of pyridine rings is 2. The first-order valence-corrected chi connectivity index (χ1v) is 10.2. The van der Waals surface area contributed by atoms with Crippen molar-refractivity contribution < 1.29 is 18.9 Å². The molecule has 0 radical (unpaired) electrons. The number of ketones is 1. The highest BCUT2D eigenvalue weighted by atomic mass is 16.5. The fraction of sp³-hybridized carbons (Fsp3) is 0.120. The molecule has 7 nitrogen and oxygen atoms in total. The van der Waals surface area contributed by atoms with Gasteiger partial charge in [0.15, 0.2) is 18.2 Å². The molecule has 2 N–H and O–H groups in total. The number of nitrogens with one attached hydrogen (secondary N) is 2. The maximum atomic E-state index is 13.5. The summed E-state index contributed by atoms with van der Waals surface area (Å²) in [4.78, 5) is 40.9. The topological polar surface area (TPSA) is 92.1 Å². The summed E-state index contributed by atoms with van der Waals surface area (Å²) in [7, 11) is 1.87. The number of rotatable bonds is 6. The van der Waals surface area contributed by atoms with Crippen molar-refractivity contribution in [2.45, 2.75) is 6.92 Å². The summed E-state index contributed by atoms with van der Waals surface area (Å²) >= 11 is 0. The van der Waals surface area contributed by atoms with Gasteiger partial charge in [-0.1, -0.05) is 18.2 Å². The van der Waals surface area contributed by atoms with E-state index in [-0.39, 0.29) is 17.2 Å². The van der Waals surface area contributed by atoms with Gasteiger partial charge in [0, 0.05) is 34.2 Å². The van der Waals surface area contributed by atoms with Crippen LogP contribution >= 0.6 is 0 Å². The maximum Gasteiger partial charge on any atom is 0.338 e. The van der Waals surface area contributed by atoms with Gasteiger partial charge < -0.3 is 15.0 Å². The molecule has 2 heterocycles. The van der Waals surface area contributed by atoms with E-state index in [2.05, 4.69) is 10.3 Å². The van der Waals surface area contributed by atoms with Gasteiger partial charge in [-0.25, -0.2) is 9.36 Å². The first-order valence-electron chi connectivity index (χ1n) is 10.2. The SMILES string of the molecule is CCOC(=O)c1ccc(Nc2[nH]c(=O)c3ccccc3c2C(=O)c2cc[n+](C)cc2)cc1. The molecule has 160 valence electrons. The number of aryl methyl sites for hydroxylation is 1. The number of H-pyrrole nitrogens is 1. The van der Waals surface area contributed by atoms with Gasteiger partial charge in [0.1, 0.15) is 12.9 Å². The van der Waals surface area contributed by atoms with E-state index in [0.29, 0.717) is 39.8 Å². The lowest BCUT2D eigenvalue weighted by atomic mass is 9.98. The van der Waals surface area contributed by atoms with Crippen molar-refractivity contribution in [2.75, 3.05) is 11.9 Å². The number of esters is 1. The molecule has 0 aliphatic rings. The molecule has 0 saturated carbocycles. The Morgan fingerprint density at radius 1 is 0.938 bits per heavy atom. The summed E-state index contributed by atoms with van der Waals surface area (Å²) in [5.74, 6) is -0.342. The van der Waals surface area contributed by atoms with Crippen LogP contribution in [0, 0.1) is 0 Å². The van der Waals surface area contributed by atoms with Crippen LogP contribution in [-0.4, -0.2) is 23.3 Å². The summed E-state index contributed by atoms with van der Waals surface area (Å²) in [5.41, 5.74) is 1.59. The van der Waals surface area contributed by atoms with Crippen molar-refractivity contribution in [3.63, 3.8) is 0 Å². The van der Waals surface area contributed by atoms with Crippen LogP contribution in [0.25, 0.3) is 10.8 Å². The Bertz CT molecular complexity index is 1360. The average Bonchev–Trinajstić information content (AvgIpc) is 2.80. The van der Waals surface area contributed by atoms with Gasteiger partial charge >= 0.3 is 5.97 Å². The van der Waals surface area contributed by atoms with Gasteiger partial charge in [-0.3, -0.25) is 9.59 Å². The Morgan fingerprint density at radius 2 is 1.59 bits per heavy atom. The summed E-state index contributed by atoms with van der Waals surface area (Å²) in [6.07, 6.45) is 3.59. The largest absolute Gasteiger partial charge is 0.462 e. The van der Waals surface area contributed by atoms with E-state index in [0.717, 1.165) is 0 Å². The molecule has 2 aromatic carbocycles. The summed E-state index contributed by atoms with van der Waals surface area (Å²) in [6, 6.07) is 17.1. The summed E-state index contributed by atoms with van der Waals surface area (Å²) in [6.45, 7) is 2.04. The number of aromatic nitrogens is 2. The molecule has 0 aliphatic carbocycles. The Morgan fingerprint density at radius 3 is 2.25 bits per heavy atom. The number of anilines is 2. The third-order valence-electron chi connectivity index (χ3n) is 5.06. The van der Waals surface area contributed by atoms with E-state index in [1.165, 1.54) is 0 Å². The maximum absolute atomic E-state index is 13.5. The molecular weight excluding hydrogens is 406 g/mol. The normalized spacial score (nSPS) is 10.7. The molecule has 0 atom stereocenters. The molecule has 0 spiro atoms. The number of carbonyl (C=O) groups is 2. The van der Waals surface area contributed by atoms with Crippen LogP contribution in [0.3, 0.4) is 0 Å². The van der Waals surface area contributed by atoms with Crippen molar-refractivity contribution in [1.82, 2.24) is 4.98 Å². The van der Waals surface area contributed by atoms with Gasteiger partial charge in [0.05, 0.1) is 17.7 Å². The first-order chi connectivity index (χ1) is 15.5. The minimum Gasteiger partial charge on any atom is -0.462 e. The molecule has 7 heteroatoms. The molecule has 0 bridgehead atoms. The van der Waals surface area contributed by atoms with Crippen LogP contribution in [0.4, 0.5) is 11.5 Å². The predicted molar refractivity (Wildman–Crippen MR) is 121 cm³/mol. The third-order valence-corrected chi connectivity index (χ3v) is 5.06. The molecule has 0 fully saturated rings. The van der Waals surface area contributed by atoms with Crippen molar-refractivity contribution in [2.24, 2.45) is 7.05 Å². The predicted octanol–water partition coefficient (Wildman–Crippen LogP) is 3.50. The van der Waals surface area contributed by atoms with Crippen molar-refractivity contribution in [3.05, 3.63) is 100 Å². The molecule has 4 aromatic rings. The number of benzene rings is 2. The second-order valence-electron chi connectivity index (χ2n) is 7.25. The van der Waals surface area contributed by atoms with Crippen LogP contribution in [0.15, 0.2) is 77.9 Å². The Hall–Kier alpha value is -4.26. The Labute approximate surface area is 184 Å². The number of aromatic amines is 1. The minimum atomic E-state index is -0.411.